The third kappa shape index (κ3) is 1.58. The number of ether oxygens (including phenoxy) is 1. The summed E-state index contributed by atoms with van der Waals surface area (Å²) in [5.41, 5.74) is -0.573. The van der Waals surface area contributed by atoms with Crippen LogP contribution in [0.5, 0.6) is 0 Å². The van der Waals surface area contributed by atoms with Crippen LogP contribution >= 0.6 is 0 Å². The number of rotatable bonds is 2. The number of carbonyl (C=O) groups is 1. The molecule has 4 aliphatic carbocycles. The molecular weight excluding hydrogens is 214 g/mol. The van der Waals surface area contributed by atoms with Crippen molar-refractivity contribution in [1.29, 1.82) is 5.26 Å². The summed E-state index contributed by atoms with van der Waals surface area (Å²) >= 11 is 0. The second kappa shape index (κ2) is 3.35. The van der Waals surface area contributed by atoms with Crippen LogP contribution in [0.2, 0.25) is 0 Å². The van der Waals surface area contributed by atoms with Crippen LogP contribution in [0.1, 0.15) is 38.5 Å². The van der Waals surface area contributed by atoms with Gasteiger partial charge < -0.3 is 4.74 Å². The van der Waals surface area contributed by atoms with E-state index in [0.717, 1.165) is 32.1 Å². The summed E-state index contributed by atoms with van der Waals surface area (Å²) in [4.78, 5) is 11.5. The maximum Gasteiger partial charge on any atom is 0.330 e. The molecular formula is C14H17NO2. The summed E-state index contributed by atoms with van der Waals surface area (Å²) in [6.45, 7) is 3.46. The van der Waals surface area contributed by atoms with Gasteiger partial charge >= 0.3 is 5.97 Å². The van der Waals surface area contributed by atoms with Crippen LogP contribution in [-0.4, -0.2) is 11.6 Å². The van der Waals surface area contributed by atoms with E-state index in [4.69, 9.17) is 4.74 Å². The Bertz CT molecular complexity index is 406. The van der Waals surface area contributed by atoms with E-state index in [9.17, 15) is 10.1 Å². The van der Waals surface area contributed by atoms with E-state index in [1.54, 1.807) is 0 Å². The molecule has 0 aromatic heterocycles. The number of hydrogen-bond acceptors (Lipinski definition) is 3. The summed E-state index contributed by atoms with van der Waals surface area (Å²) in [5.74, 6) is 0.821. The monoisotopic (exact) mass is 231 g/mol. The van der Waals surface area contributed by atoms with Crippen LogP contribution in [-0.2, 0) is 9.53 Å². The molecule has 3 heteroatoms. The topological polar surface area (TPSA) is 50.1 Å². The summed E-state index contributed by atoms with van der Waals surface area (Å²) in [7, 11) is 0. The van der Waals surface area contributed by atoms with E-state index in [2.05, 4.69) is 12.6 Å². The maximum absolute atomic E-state index is 11.5. The first-order valence-electron chi connectivity index (χ1n) is 6.35. The zero-order valence-electron chi connectivity index (χ0n) is 9.95. The highest BCUT2D eigenvalue weighted by Gasteiger charge is 2.59. The van der Waals surface area contributed by atoms with E-state index in [0.29, 0.717) is 11.8 Å². The summed E-state index contributed by atoms with van der Waals surface area (Å²) in [6.07, 6.45) is 7.11. The molecule has 4 rings (SSSR count). The molecule has 4 fully saturated rings. The first kappa shape index (κ1) is 10.8. The van der Waals surface area contributed by atoms with Gasteiger partial charge in [-0.1, -0.05) is 6.58 Å². The Kier molecular flexibility index (Phi) is 2.13. The number of carbonyl (C=O) groups excluding carboxylic acids is 1. The molecule has 3 nitrogen and oxygen atoms in total. The predicted octanol–water partition coefficient (Wildman–Crippen LogP) is 2.58. The van der Waals surface area contributed by atoms with E-state index >= 15 is 0 Å². The summed E-state index contributed by atoms with van der Waals surface area (Å²) in [6, 6.07) is 2.51. The zero-order chi connectivity index (χ0) is 12.1. The molecule has 4 saturated carbocycles. The lowest BCUT2D eigenvalue weighted by Crippen LogP contribution is -2.56. The Morgan fingerprint density at radius 1 is 1.35 bits per heavy atom. The highest BCUT2D eigenvalue weighted by molar-refractivity contribution is 5.81. The molecule has 2 unspecified atom stereocenters. The van der Waals surface area contributed by atoms with Gasteiger partial charge in [-0.3, -0.25) is 0 Å². The number of nitrogens with zero attached hydrogens (tertiary/aromatic N) is 1. The lowest BCUT2D eigenvalue weighted by molar-refractivity contribution is -0.189. The van der Waals surface area contributed by atoms with Crippen LogP contribution in [0, 0.1) is 28.6 Å². The first-order valence-corrected chi connectivity index (χ1v) is 6.35. The van der Waals surface area contributed by atoms with Crippen LogP contribution in [0.4, 0.5) is 0 Å². The lowest BCUT2D eigenvalue weighted by Gasteiger charge is -2.58. The number of esters is 1. The van der Waals surface area contributed by atoms with Gasteiger partial charge in [0, 0.05) is 12.5 Å². The number of hydrogen-bond donors (Lipinski definition) is 0. The molecule has 0 saturated heterocycles. The Hall–Kier alpha value is -1.30. The van der Waals surface area contributed by atoms with Crippen molar-refractivity contribution in [2.75, 3.05) is 0 Å². The molecule has 0 aliphatic heterocycles. The van der Waals surface area contributed by atoms with Crippen molar-refractivity contribution >= 4 is 5.97 Å². The standard InChI is InChI=1S/C14H17NO2/c1-2-12(16)17-14-6-10-3-11(7-14)5-13(4-10,8-14)9-15/h2,10-11H,1,3-8H2. The van der Waals surface area contributed by atoms with Gasteiger partial charge in [-0.2, -0.15) is 5.26 Å². The van der Waals surface area contributed by atoms with Gasteiger partial charge in [0.05, 0.1) is 11.5 Å². The van der Waals surface area contributed by atoms with Gasteiger partial charge in [0.25, 0.3) is 0 Å². The predicted molar refractivity (Wildman–Crippen MR) is 61.7 cm³/mol. The van der Waals surface area contributed by atoms with Gasteiger partial charge in [-0.15, -0.1) is 0 Å². The fraction of sp³-hybridized carbons (Fsp3) is 0.714. The van der Waals surface area contributed by atoms with Crippen LogP contribution in [0.25, 0.3) is 0 Å². The SMILES string of the molecule is C=CC(=O)OC12CC3CC(CC(C#N)(C3)C1)C2. The number of nitriles is 1. The van der Waals surface area contributed by atoms with Crippen molar-refractivity contribution < 1.29 is 9.53 Å². The fourth-order valence-corrected chi connectivity index (χ4v) is 4.68. The molecule has 17 heavy (non-hydrogen) atoms. The normalized spacial score (nSPS) is 46.3. The second-order valence-electron chi connectivity index (χ2n) is 6.16. The van der Waals surface area contributed by atoms with Gasteiger partial charge in [-0.05, 0) is 43.9 Å². The Morgan fingerprint density at radius 2 is 2.00 bits per heavy atom. The Labute approximate surface area is 101 Å². The lowest BCUT2D eigenvalue weighted by atomic mass is 9.48. The maximum atomic E-state index is 11.5. The second-order valence-corrected chi connectivity index (χ2v) is 6.16. The van der Waals surface area contributed by atoms with E-state index < -0.39 is 0 Å². The van der Waals surface area contributed by atoms with E-state index in [-0.39, 0.29) is 17.0 Å². The van der Waals surface area contributed by atoms with Crippen molar-refractivity contribution in [3.05, 3.63) is 12.7 Å². The molecule has 0 aromatic carbocycles. The quantitative estimate of drug-likeness (QED) is 0.542. The zero-order valence-corrected chi connectivity index (χ0v) is 9.95. The van der Waals surface area contributed by atoms with Crippen molar-refractivity contribution in [1.82, 2.24) is 0 Å². The average Bonchev–Trinajstić information content (AvgIpc) is 2.26. The largest absolute Gasteiger partial charge is 0.456 e. The molecule has 0 N–H and O–H groups in total. The minimum absolute atomic E-state index is 0.217. The Morgan fingerprint density at radius 3 is 2.53 bits per heavy atom. The molecule has 4 aliphatic rings. The van der Waals surface area contributed by atoms with Crippen molar-refractivity contribution in [2.24, 2.45) is 17.3 Å². The van der Waals surface area contributed by atoms with Crippen LogP contribution in [0.15, 0.2) is 12.7 Å². The molecule has 0 radical (unpaired) electrons. The molecule has 0 amide bonds. The fourth-order valence-electron chi connectivity index (χ4n) is 4.68. The molecule has 0 spiro atoms. The molecule has 0 aromatic rings. The first-order chi connectivity index (χ1) is 8.09. The summed E-state index contributed by atoms with van der Waals surface area (Å²) in [5, 5.41) is 9.43. The van der Waals surface area contributed by atoms with Crippen molar-refractivity contribution in [2.45, 2.75) is 44.1 Å². The van der Waals surface area contributed by atoms with E-state index in [1.165, 1.54) is 12.5 Å². The minimum Gasteiger partial charge on any atom is -0.456 e. The van der Waals surface area contributed by atoms with Gasteiger partial charge in [-0.25, -0.2) is 4.79 Å². The van der Waals surface area contributed by atoms with Gasteiger partial charge in [0.2, 0.25) is 0 Å². The highest BCUT2D eigenvalue weighted by Crippen LogP contribution is 2.62. The van der Waals surface area contributed by atoms with Crippen LogP contribution in [0.3, 0.4) is 0 Å². The molecule has 90 valence electrons. The minimum atomic E-state index is -0.356. The molecule has 4 bridgehead atoms. The molecule has 0 heterocycles. The van der Waals surface area contributed by atoms with Crippen molar-refractivity contribution in [3.63, 3.8) is 0 Å². The van der Waals surface area contributed by atoms with E-state index in [1.807, 2.05) is 0 Å². The molecule has 2 atom stereocenters. The summed E-state index contributed by atoms with van der Waals surface area (Å²) < 4.78 is 5.62. The van der Waals surface area contributed by atoms with Gasteiger partial charge in [0.15, 0.2) is 0 Å². The van der Waals surface area contributed by atoms with Gasteiger partial charge in [0.1, 0.15) is 5.60 Å². The van der Waals surface area contributed by atoms with Crippen molar-refractivity contribution in [3.8, 4) is 6.07 Å². The average molecular weight is 231 g/mol. The smallest absolute Gasteiger partial charge is 0.330 e. The third-order valence-corrected chi connectivity index (χ3v) is 4.73. The highest BCUT2D eigenvalue weighted by atomic mass is 16.6. The Balaban J connectivity index is 1.90. The third-order valence-electron chi connectivity index (χ3n) is 4.73. The van der Waals surface area contributed by atoms with Crippen LogP contribution < -0.4 is 0 Å².